The number of hydrogen-bond acceptors (Lipinski definition) is 11. The van der Waals surface area contributed by atoms with E-state index in [0.29, 0.717) is 73.2 Å². The maximum atomic E-state index is 13.7. The van der Waals surface area contributed by atoms with Gasteiger partial charge in [0.25, 0.3) is 5.91 Å². The molecule has 9 rings (SSSR count). The molecule has 2 saturated carbocycles. The number of pyridine rings is 1. The Balaban J connectivity index is 0.767. The summed E-state index contributed by atoms with van der Waals surface area (Å²) in [6, 6.07) is 16.7. The van der Waals surface area contributed by atoms with Gasteiger partial charge in [0.2, 0.25) is 5.91 Å². The van der Waals surface area contributed by atoms with Gasteiger partial charge in [-0.05, 0) is 105 Å². The fraction of sp³-hybridized carbons (Fsp3) is 0.447. The third-order valence-electron chi connectivity index (χ3n) is 13.5. The van der Waals surface area contributed by atoms with Crippen molar-refractivity contribution in [3.05, 3.63) is 107 Å². The van der Waals surface area contributed by atoms with Crippen LogP contribution >= 0.6 is 0 Å². The number of anilines is 1. The third kappa shape index (κ3) is 8.55. The van der Waals surface area contributed by atoms with Gasteiger partial charge < -0.3 is 41.4 Å². The second kappa shape index (κ2) is 17.4. The molecule has 62 heavy (non-hydrogen) atoms. The Bertz CT molecular complexity index is 2390. The topological polar surface area (TPSA) is 202 Å². The van der Waals surface area contributed by atoms with Crippen molar-refractivity contribution < 1.29 is 24.2 Å². The van der Waals surface area contributed by atoms with Gasteiger partial charge >= 0.3 is 6.03 Å². The Kier molecular flexibility index (Phi) is 11.6. The predicted octanol–water partition coefficient (Wildman–Crippen LogP) is 5.10. The van der Waals surface area contributed by atoms with Crippen LogP contribution in [0.4, 0.5) is 10.5 Å². The van der Waals surface area contributed by atoms with E-state index in [2.05, 4.69) is 31.9 Å². The minimum absolute atomic E-state index is 0.0291. The summed E-state index contributed by atoms with van der Waals surface area (Å²) >= 11 is 0. The zero-order valence-electron chi connectivity index (χ0n) is 35.4. The molecule has 2 atom stereocenters. The molecule has 5 aliphatic rings. The fourth-order valence-electron chi connectivity index (χ4n) is 9.80. The monoisotopic (exact) mass is 842 g/mol. The number of rotatable bonds is 10. The first-order chi connectivity index (χ1) is 30.0. The normalized spacial score (nSPS) is 24.0. The van der Waals surface area contributed by atoms with E-state index in [1.165, 1.54) is 18.4 Å². The lowest BCUT2D eigenvalue weighted by Gasteiger charge is -2.40. The molecule has 2 aliphatic carbocycles. The minimum Gasteiger partial charge on any atom is -0.507 e. The number of allylic oxidation sites excluding steroid dienone is 1. The van der Waals surface area contributed by atoms with Crippen LogP contribution in [0.25, 0.3) is 16.7 Å². The molecule has 326 valence electrons. The summed E-state index contributed by atoms with van der Waals surface area (Å²) in [5.74, 6) is 1.16. The molecular formula is C47H58N10O5. The van der Waals surface area contributed by atoms with Gasteiger partial charge in [-0.1, -0.05) is 24.3 Å². The highest BCUT2D eigenvalue weighted by atomic mass is 16.5. The van der Waals surface area contributed by atoms with E-state index in [1.807, 2.05) is 36.1 Å². The van der Waals surface area contributed by atoms with Crippen molar-refractivity contribution in [2.75, 3.05) is 57.3 Å². The molecule has 3 aliphatic heterocycles. The number of morpholine rings is 1. The van der Waals surface area contributed by atoms with Crippen molar-refractivity contribution in [2.24, 2.45) is 23.1 Å². The third-order valence-corrected chi connectivity index (χ3v) is 13.5. The second-order valence-electron chi connectivity index (χ2n) is 17.8. The van der Waals surface area contributed by atoms with Crippen molar-refractivity contribution in [1.29, 1.82) is 0 Å². The van der Waals surface area contributed by atoms with Gasteiger partial charge in [-0.3, -0.25) is 24.7 Å². The highest BCUT2D eigenvalue weighted by Gasteiger charge is 2.34. The highest BCUT2D eigenvalue weighted by Crippen LogP contribution is 2.46. The number of aromatic nitrogens is 2. The first kappa shape index (κ1) is 41.3. The van der Waals surface area contributed by atoms with Crippen LogP contribution in [0.15, 0.2) is 84.6 Å². The van der Waals surface area contributed by atoms with Gasteiger partial charge in [-0.25, -0.2) is 9.78 Å². The number of ether oxygens (including phenoxy) is 1. The average Bonchev–Trinajstić information content (AvgIpc) is 4.06. The molecule has 5 fully saturated rings. The van der Waals surface area contributed by atoms with E-state index in [4.69, 9.17) is 26.9 Å². The molecular weight excluding hydrogens is 785 g/mol. The maximum Gasteiger partial charge on any atom is 0.328 e. The fourth-order valence-corrected chi connectivity index (χ4v) is 9.80. The summed E-state index contributed by atoms with van der Waals surface area (Å²) < 4.78 is 8.66. The molecule has 0 bridgehead atoms. The first-order valence-electron chi connectivity index (χ1n) is 22.1. The smallest absolute Gasteiger partial charge is 0.328 e. The Morgan fingerprint density at radius 3 is 2.39 bits per heavy atom. The highest BCUT2D eigenvalue weighted by molar-refractivity contribution is 6.06. The summed E-state index contributed by atoms with van der Waals surface area (Å²) in [6.45, 7) is 7.48. The second-order valence-corrected chi connectivity index (χ2v) is 17.8. The first-order valence-corrected chi connectivity index (χ1v) is 22.1. The lowest BCUT2D eigenvalue weighted by molar-refractivity contribution is -0.120. The maximum absolute atomic E-state index is 13.7. The number of phenolic OH excluding ortho intramolecular Hbond substituents is 1. The lowest BCUT2D eigenvalue weighted by atomic mass is 9.85. The van der Waals surface area contributed by atoms with Gasteiger partial charge in [-0.2, -0.15) is 0 Å². The molecule has 0 spiro atoms. The molecule has 15 nitrogen and oxygen atoms in total. The van der Waals surface area contributed by atoms with Crippen LogP contribution in [0.3, 0.4) is 0 Å². The number of aromatic hydroxyl groups is 1. The quantitative estimate of drug-likeness (QED) is 0.133. The molecule has 2 aromatic heterocycles. The molecule has 4 amide bonds. The Morgan fingerprint density at radius 1 is 0.952 bits per heavy atom. The van der Waals surface area contributed by atoms with Crippen molar-refractivity contribution in [3.63, 3.8) is 0 Å². The summed E-state index contributed by atoms with van der Waals surface area (Å²) in [5, 5.41) is 13.9. The summed E-state index contributed by atoms with van der Waals surface area (Å²) in [5.41, 5.74) is 24.9. The van der Waals surface area contributed by atoms with E-state index < -0.39 is 0 Å². The van der Waals surface area contributed by atoms with Crippen LogP contribution < -0.4 is 27.4 Å². The number of phenols is 1. The number of nitrogens with two attached hydrogens (primary N) is 3. The van der Waals surface area contributed by atoms with Crippen molar-refractivity contribution in [3.8, 4) is 5.75 Å². The molecule has 15 heteroatoms. The average molecular weight is 843 g/mol. The van der Waals surface area contributed by atoms with E-state index in [-0.39, 0.29) is 48.0 Å². The van der Waals surface area contributed by atoms with Crippen molar-refractivity contribution in [1.82, 2.24) is 29.6 Å². The SMILES string of the molecule is CC1COC(c2ccc(C(=O)N3CCN(CC4CCC(n5cc(C6CC6)c6cc(N7CCC(=O)NC7=O)cnc65)CC4)CC3)cc2)CN1C(/C=C(\N)c1ccccc1O)=C(N)N. The van der Waals surface area contributed by atoms with Crippen LogP contribution in [0.5, 0.6) is 5.75 Å². The standard InChI is InChI=1S/C47H58N10O5/c1-29-28-62-42(27-56(29)40(44(49)50)23-39(48)36-4-2-3-5-41(36)58)32-10-12-33(13-11-32)46(60)54-20-18-53(19-21-54)25-30-6-14-34(15-7-30)57-26-38(31-8-9-31)37-22-35(24-51-45(37)57)55-17-16-43(59)52-47(55)61/h2-5,10-13,22-24,26,29-31,34,42,58H,6-9,14-21,25,27-28,48-50H2,1H3,(H,52,59,61)/b39-23-. The molecule has 0 radical (unpaired) electrons. The molecule has 3 saturated heterocycles. The number of nitrogens with zero attached hydrogens (tertiary/aromatic N) is 6. The van der Waals surface area contributed by atoms with Crippen LogP contribution in [-0.4, -0.2) is 106 Å². The Morgan fingerprint density at radius 2 is 1.69 bits per heavy atom. The van der Waals surface area contributed by atoms with Crippen LogP contribution in [0, 0.1) is 5.92 Å². The van der Waals surface area contributed by atoms with E-state index in [9.17, 15) is 19.5 Å². The van der Waals surface area contributed by atoms with E-state index in [1.54, 1.807) is 41.4 Å². The van der Waals surface area contributed by atoms with Gasteiger partial charge in [-0.15, -0.1) is 0 Å². The lowest BCUT2D eigenvalue weighted by Crippen LogP contribution is -2.50. The number of fused-ring (bicyclic) bond motifs is 1. The predicted molar refractivity (Wildman–Crippen MR) is 238 cm³/mol. The number of nitrogens with one attached hydrogen (secondary N) is 1. The number of imide groups is 1. The largest absolute Gasteiger partial charge is 0.507 e. The zero-order chi connectivity index (χ0) is 43.1. The number of benzene rings is 2. The molecule has 2 aromatic carbocycles. The van der Waals surface area contributed by atoms with Crippen molar-refractivity contribution >= 4 is 40.3 Å². The number of hydrogen-bond donors (Lipinski definition) is 5. The molecule has 5 heterocycles. The zero-order valence-corrected chi connectivity index (χ0v) is 35.4. The summed E-state index contributed by atoms with van der Waals surface area (Å²) in [6.07, 6.45) is 12.7. The number of para-hydroxylation sites is 1. The Hall–Kier alpha value is -6.06. The number of amides is 4. The van der Waals surface area contributed by atoms with Crippen molar-refractivity contribution in [2.45, 2.75) is 76.0 Å². The van der Waals surface area contributed by atoms with Gasteiger partial charge in [0.15, 0.2) is 0 Å². The van der Waals surface area contributed by atoms with Crippen LogP contribution in [0.1, 0.15) is 97.0 Å². The molecule has 2 unspecified atom stereocenters. The van der Waals surface area contributed by atoms with E-state index >= 15 is 0 Å². The van der Waals surface area contributed by atoms with E-state index in [0.717, 1.165) is 67.6 Å². The van der Waals surface area contributed by atoms with Crippen LogP contribution in [-0.2, 0) is 9.53 Å². The summed E-state index contributed by atoms with van der Waals surface area (Å²) in [4.78, 5) is 51.1. The number of carbonyl (C=O) groups is 3. The number of urea groups is 1. The number of piperazine rings is 1. The summed E-state index contributed by atoms with van der Waals surface area (Å²) in [7, 11) is 0. The Labute approximate surface area is 362 Å². The minimum atomic E-state index is -0.382. The molecule has 4 aromatic rings. The van der Waals surface area contributed by atoms with Gasteiger partial charge in [0.1, 0.15) is 23.3 Å². The van der Waals surface area contributed by atoms with Crippen LogP contribution in [0.2, 0.25) is 0 Å². The molecule has 8 N–H and O–H groups in total. The van der Waals surface area contributed by atoms with Gasteiger partial charge in [0.05, 0.1) is 24.2 Å². The number of carbonyl (C=O) groups excluding carboxylic acids is 3. The van der Waals surface area contributed by atoms with Gasteiger partial charge in [0, 0.05) is 92.7 Å².